The number of likely N-dealkylation sites (tertiary alicyclic amines) is 1. The molecule has 1 aromatic carbocycles. The summed E-state index contributed by atoms with van der Waals surface area (Å²) in [5, 5.41) is 9.62. The van der Waals surface area contributed by atoms with E-state index in [9.17, 15) is 14.7 Å². The first kappa shape index (κ1) is 14.7. The quantitative estimate of drug-likeness (QED) is 0.930. The van der Waals surface area contributed by atoms with Crippen LogP contribution >= 0.6 is 0 Å². The molecule has 4 nitrogen and oxygen atoms in total. The Labute approximate surface area is 136 Å². The monoisotopic (exact) mass is 313 g/mol. The van der Waals surface area contributed by atoms with E-state index in [-0.39, 0.29) is 11.8 Å². The van der Waals surface area contributed by atoms with Gasteiger partial charge in [-0.1, -0.05) is 36.8 Å². The molecular formula is C19H23NO3. The fraction of sp³-hybridized carbons (Fsp3) is 0.579. The lowest BCUT2D eigenvalue weighted by Gasteiger charge is -2.23. The number of carbonyl (C=O) groups is 2. The van der Waals surface area contributed by atoms with Gasteiger partial charge in [0.15, 0.2) is 0 Å². The zero-order valence-corrected chi connectivity index (χ0v) is 13.3. The molecule has 1 N–H and O–H groups in total. The molecule has 1 aromatic rings. The lowest BCUT2D eigenvalue weighted by Crippen LogP contribution is -2.37. The molecule has 4 heteroatoms. The molecule has 3 fully saturated rings. The van der Waals surface area contributed by atoms with E-state index in [2.05, 4.69) is 12.1 Å². The molecule has 2 saturated carbocycles. The van der Waals surface area contributed by atoms with Gasteiger partial charge in [0.1, 0.15) is 0 Å². The Kier molecular flexibility index (Phi) is 3.43. The summed E-state index contributed by atoms with van der Waals surface area (Å²) in [5.41, 5.74) is 0.670. The number of hydrogen-bond acceptors (Lipinski definition) is 2. The van der Waals surface area contributed by atoms with Crippen molar-refractivity contribution in [3.05, 3.63) is 35.9 Å². The molecule has 4 atom stereocenters. The third kappa shape index (κ3) is 2.44. The number of rotatable bonds is 4. The zero-order chi connectivity index (χ0) is 16.0. The van der Waals surface area contributed by atoms with Gasteiger partial charge in [-0.15, -0.1) is 0 Å². The van der Waals surface area contributed by atoms with E-state index in [1.807, 2.05) is 23.1 Å². The van der Waals surface area contributed by atoms with Crippen LogP contribution in [0.1, 0.15) is 43.6 Å². The highest BCUT2D eigenvalue weighted by atomic mass is 16.4. The summed E-state index contributed by atoms with van der Waals surface area (Å²) >= 11 is 0. The highest BCUT2D eigenvalue weighted by Crippen LogP contribution is 2.52. The smallest absolute Gasteiger partial charge is 0.311 e. The first-order chi connectivity index (χ1) is 11.1. The van der Waals surface area contributed by atoms with Crippen LogP contribution in [-0.4, -0.2) is 35.0 Å². The maximum absolute atomic E-state index is 12.6. The van der Waals surface area contributed by atoms with E-state index < -0.39 is 11.4 Å². The highest BCUT2D eigenvalue weighted by molar-refractivity contribution is 5.81. The number of carbonyl (C=O) groups excluding carboxylic acids is 1. The number of carboxylic acids is 1. The number of nitrogens with zero attached hydrogens (tertiary/aromatic N) is 1. The molecule has 2 aliphatic carbocycles. The fourth-order valence-electron chi connectivity index (χ4n) is 4.76. The summed E-state index contributed by atoms with van der Waals surface area (Å²) in [6, 6.07) is 10.4. The molecule has 23 heavy (non-hydrogen) atoms. The van der Waals surface area contributed by atoms with Gasteiger partial charge in [0.25, 0.3) is 0 Å². The number of fused-ring (bicyclic) bond motifs is 1. The average Bonchev–Trinajstić information content (AvgIpc) is 3.02. The van der Waals surface area contributed by atoms with Crippen LogP contribution in [0.3, 0.4) is 0 Å². The third-order valence-corrected chi connectivity index (χ3v) is 6.24. The van der Waals surface area contributed by atoms with Crippen molar-refractivity contribution < 1.29 is 14.7 Å². The van der Waals surface area contributed by atoms with Crippen LogP contribution in [0.4, 0.5) is 0 Å². The summed E-state index contributed by atoms with van der Waals surface area (Å²) in [7, 11) is 0. The minimum atomic E-state index is -0.705. The lowest BCUT2D eigenvalue weighted by atomic mass is 9.81. The Balaban J connectivity index is 1.37. The number of hydrogen-bond donors (Lipinski definition) is 1. The number of aliphatic carboxylic acids is 1. The summed E-state index contributed by atoms with van der Waals surface area (Å²) in [6.07, 6.45) is 4.32. The van der Waals surface area contributed by atoms with Gasteiger partial charge in [0, 0.05) is 19.5 Å². The SMILES string of the molecule is O=C(C[C@@H]1C[C@H]1c1ccccc1)N1C[C@@H]2CCC[C@@]2(C(=O)O)C1. The summed E-state index contributed by atoms with van der Waals surface area (Å²) in [4.78, 5) is 26.1. The molecule has 0 spiro atoms. The van der Waals surface area contributed by atoms with E-state index in [4.69, 9.17) is 0 Å². The third-order valence-electron chi connectivity index (χ3n) is 6.24. The predicted molar refractivity (Wildman–Crippen MR) is 85.9 cm³/mol. The second kappa shape index (κ2) is 5.36. The molecule has 3 aliphatic rings. The van der Waals surface area contributed by atoms with Gasteiger partial charge >= 0.3 is 5.97 Å². The first-order valence-electron chi connectivity index (χ1n) is 8.66. The molecule has 1 amide bonds. The van der Waals surface area contributed by atoms with Crippen LogP contribution < -0.4 is 0 Å². The summed E-state index contributed by atoms with van der Waals surface area (Å²) in [6.45, 7) is 1.07. The van der Waals surface area contributed by atoms with E-state index in [0.29, 0.717) is 31.3 Å². The highest BCUT2D eigenvalue weighted by Gasteiger charge is 2.56. The Morgan fingerprint density at radius 3 is 2.74 bits per heavy atom. The Morgan fingerprint density at radius 2 is 2.04 bits per heavy atom. The van der Waals surface area contributed by atoms with Crippen LogP contribution in [0.2, 0.25) is 0 Å². The fourth-order valence-corrected chi connectivity index (χ4v) is 4.76. The van der Waals surface area contributed by atoms with E-state index in [1.54, 1.807) is 0 Å². The van der Waals surface area contributed by atoms with Crippen LogP contribution in [0, 0.1) is 17.3 Å². The number of carboxylic acid groups (broad SMARTS) is 1. The predicted octanol–water partition coefficient (Wildman–Crippen LogP) is 2.89. The van der Waals surface area contributed by atoms with E-state index in [1.165, 1.54) is 5.56 Å². The minimum Gasteiger partial charge on any atom is -0.481 e. The van der Waals surface area contributed by atoms with Crippen LogP contribution in [0.15, 0.2) is 30.3 Å². The van der Waals surface area contributed by atoms with Gasteiger partial charge in [0.2, 0.25) is 5.91 Å². The van der Waals surface area contributed by atoms with Crippen molar-refractivity contribution in [2.24, 2.45) is 17.3 Å². The standard InChI is InChI=1S/C19H23NO3/c21-17(10-14-9-16(14)13-5-2-1-3-6-13)20-11-15-7-4-8-19(15,12-20)18(22)23/h1-3,5-6,14-16H,4,7-12H2,(H,22,23)/t14-,15-,16-,19+/m0/s1. The van der Waals surface area contributed by atoms with Gasteiger partial charge in [-0.3, -0.25) is 9.59 Å². The molecule has 0 radical (unpaired) electrons. The maximum Gasteiger partial charge on any atom is 0.311 e. The topological polar surface area (TPSA) is 57.6 Å². The number of amides is 1. The van der Waals surface area contributed by atoms with E-state index >= 15 is 0 Å². The first-order valence-corrected chi connectivity index (χ1v) is 8.66. The van der Waals surface area contributed by atoms with Crippen LogP contribution in [0.5, 0.6) is 0 Å². The van der Waals surface area contributed by atoms with Crippen molar-refractivity contribution in [1.82, 2.24) is 4.90 Å². The Hall–Kier alpha value is -1.84. The molecular weight excluding hydrogens is 290 g/mol. The molecule has 1 aliphatic heterocycles. The van der Waals surface area contributed by atoms with Crippen molar-refractivity contribution in [2.45, 2.75) is 38.0 Å². The molecule has 0 bridgehead atoms. The summed E-state index contributed by atoms with van der Waals surface area (Å²) in [5.74, 6) is 0.558. The van der Waals surface area contributed by atoms with Crippen molar-refractivity contribution in [2.75, 3.05) is 13.1 Å². The minimum absolute atomic E-state index is 0.156. The zero-order valence-electron chi connectivity index (χ0n) is 13.3. The van der Waals surface area contributed by atoms with Crippen molar-refractivity contribution in [3.8, 4) is 0 Å². The lowest BCUT2D eigenvalue weighted by molar-refractivity contribution is -0.149. The summed E-state index contributed by atoms with van der Waals surface area (Å²) < 4.78 is 0. The van der Waals surface area contributed by atoms with Gasteiger partial charge in [-0.25, -0.2) is 0 Å². The molecule has 0 aromatic heterocycles. The Bertz CT molecular complexity index is 629. The van der Waals surface area contributed by atoms with Gasteiger partial charge in [-0.2, -0.15) is 0 Å². The normalized spacial score (nSPS) is 35.1. The molecule has 4 rings (SSSR count). The van der Waals surface area contributed by atoms with Crippen molar-refractivity contribution in [1.29, 1.82) is 0 Å². The van der Waals surface area contributed by atoms with Gasteiger partial charge in [-0.05, 0) is 42.6 Å². The van der Waals surface area contributed by atoms with E-state index in [0.717, 1.165) is 25.7 Å². The molecule has 1 saturated heterocycles. The second-order valence-corrected chi connectivity index (χ2v) is 7.54. The molecule has 122 valence electrons. The Morgan fingerprint density at radius 1 is 1.26 bits per heavy atom. The second-order valence-electron chi connectivity index (χ2n) is 7.54. The van der Waals surface area contributed by atoms with Gasteiger partial charge in [0.05, 0.1) is 5.41 Å². The van der Waals surface area contributed by atoms with Crippen molar-refractivity contribution >= 4 is 11.9 Å². The average molecular weight is 313 g/mol. The van der Waals surface area contributed by atoms with Crippen LogP contribution in [0.25, 0.3) is 0 Å². The maximum atomic E-state index is 12.6. The molecule has 0 unspecified atom stereocenters. The largest absolute Gasteiger partial charge is 0.481 e. The van der Waals surface area contributed by atoms with Crippen molar-refractivity contribution in [3.63, 3.8) is 0 Å². The van der Waals surface area contributed by atoms with Crippen LogP contribution in [-0.2, 0) is 9.59 Å². The molecule has 1 heterocycles. The number of benzene rings is 1. The van der Waals surface area contributed by atoms with Gasteiger partial charge < -0.3 is 10.0 Å².